The summed E-state index contributed by atoms with van der Waals surface area (Å²) < 4.78 is 26.5. The van der Waals surface area contributed by atoms with Gasteiger partial charge in [0, 0.05) is 43.8 Å². The minimum absolute atomic E-state index is 0.000270. The molecule has 1 saturated heterocycles. The molecule has 0 atom stereocenters. The van der Waals surface area contributed by atoms with Crippen molar-refractivity contribution in [2.24, 2.45) is 0 Å². The standard InChI is InChI=1S/C23H37N3O3S/c1-4-17-30(28,29)26-15-13-25(14-16-26)23(11-6-5-7-12-23)18-24-22(27)21-19(2)9-8-10-20(21)3/h8-10H,4-7,11-18H2,1-3H3,(H,24,27). The molecule has 1 aliphatic heterocycles. The second-order valence-corrected chi connectivity index (χ2v) is 11.0. The van der Waals surface area contributed by atoms with Crippen molar-refractivity contribution < 1.29 is 13.2 Å². The molecule has 30 heavy (non-hydrogen) atoms. The largest absolute Gasteiger partial charge is 0.350 e. The number of aryl methyl sites for hydroxylation is 2. The molecule has 1 heterocycles. The molecule has 0 aromatic heterocycles. The Labute approximate surface area is 182 Å². The molecule has 168 valence electrons. The predicted molar refractivity (Wildman–Crippen MR) is 121 cm³/mol. The number of carbonyl (C=O) groups excluding carboxylic acids is 1. The molecule has 1 aromatic rings. The van der Waals surface area contributed by atoms with Crippen LogP contribution in [-0.4, -0.2) is 67.5 Å². The summed E-state index contributed by atoms with van der Waals surface area (Å²) in [4.78, 5) is 15.4. The van der Waals surface area contributed by atoms with Gasteiger partial charge < -0.3 is 5.32 Å². The van der Waals surface area contributed by atoms with E-state index in [0.29, 0.717) is 26.1 Å². The average molecular weight is 436 g/mol. The van der Waals surface area contributed by atoms with Gasteiger partial charge in [-0.2, -0.15) is 4.31 Å². The van der Waals surface area contributed by atoms with Crippen LogP contribution in [0, 0.1) is 13.8 Å². The minimum Gasteiger partial charge on any atom is -0.350 e. The number of benzene rings is 1. The molecule has 0 spiro atoms. The van der Waals surface area contributed by atoms with Gasteiger partial charge in [-0.1, -0.05) is 44.4 Å². The molecule has 2 fully saturated rings. The zero-order valence-corrected chi connectivity index (χ0v) is 19.6. The summed E-state index contributed by atoms with van der Waals surface area (Å²) >= 11 is 0. The maximum absolute atomic E-state index is 13.0. The SMILES string of the molecule is CCCS(=O)(=O)N1CCN(C2(CNC(=O)c3c(C)cccc3C)CCCCC2)CC1. The first kappa shape index (κ1) is 23.2. The second kappa shape index (κ2) is 9.79. The van der Waals surface area contributed by atoms with Crippen molar-refractivity contribution >= 4 is 15.9 Å². The summed E-state index contributed by atoms with van der Waals surface area (Å²) in [5.74, 6) is 0.226. The van der Waals surface area contributed by atoms with Gasteiger partial charge in [0.05, 0.1) is 5.75 Å². The lowest BCUT2D eigenvalue weighted by Gasteiger charge is -2.49. The van der Waals surface area contributed by atoms with Crippen LogP contribution in [0.3, 0.4) is 0 Å². The molecule has 1 saturated carbocycles. The number of nitrogens with zero attached hydrogens (tertiary/aromatic N) is 2. The Hall–Kier alpha value is -1.44. The Morgan fingerprint density at radius 1 is 1.03 bits per heavy atom. The van der Waals surface area contributed by atoms with Crippen LogP contribution in [0.1, 0.15) is 66.9 Å². The van der Waals surface area contributed by atoms with Crippen molar-refractivity contribution in [3.8, 4) is 0 Å². The van der Waals surface area contributed by atoms with Crippen molar-refractivity contribution in [2.45, 2.75) is 64.8 Å². The lowest BCUT2D eigenvalue weighted by molar-refractivity contribution is 0.0240. The van der Waals surface area contributed by atoms with Crippen molar-refractivity contribution in [1.29, 1.82) is 0 Å². The van der Waals surface area contributed by atoms with Gasteiger partial charge in [-0.3, -0.25) is 9.69 Å². The molecule has 2 aliphatic rings. The number of piperazine rings is 1. The summed E-state index contributed by atoms with van der Waals surface area (Å²) in [7, 11) is -3.14. The lowest BCUT2D eigenvalue weighted by atomic mass is 9.79. The molecule has 6 nitrogen and oxygen atoms in total. The highest BCUT2D eigenvalue weighted by Gasteiger charge is 2.41. The fraction of sp³-hybridized carbons (Fsp3) is 0.696. The first-order valence-electron chi connectivity index (χ1n) is 11.4. The van der Waals surface area contributed by atoms with E-state index >= 15 is 0 Å². The maximum Gasteiger partial charge on any atom is 0.251 e. The smallest absolute Gasteiger partial charge is 0.251 e. The highest BCUT2D eigenvalue weighted by Crippen LogP contribution is 2.34. The van der Waals surface area contributed by atoms with Gasteiger partial charge in [-0.25, -0.2) is 8.42 Å². The first-order chi connectivity index (χ1) is 14.3. The molecule has 1 aliphatic carbocycles. The lowest BCUT2D eigenvalue weighted by Crippen LogP contribution is -2.62. The fourth-order valence-corrected chi connectivity index (χ4v) is 6.64. The Morgan fingerprint density at radius 3 is 2.20 bits per heavy atom. The van der Waals surface area contributed by atoms with Gasteiger partial charge in [0.2, 0.25) is 10.0 Å². The molecular formula is C23H37N3O3S. The normalized spacial score (nSPS) is 20.8. The Bertz CT molecular complexity index is 819. The van der Waals surface area contributed by atoms with E-state index in [1.807, 2.05) is 39.0 Å². The second-order valence-electron chi connectivity index (χ2n) is 8.94. The number of rotatable bonds is 7. The van der Waals surface area contributed by atoms with E-state index in [1.165, 1.54) is 6.42 Å². The quantitative estimate of drug-likeness (QED) is 0.715. The summed E-state index contributed by atoms with van der Waals surface area (Å²) in [6.07, 6.45) is 6.32. The van der Waals surface area contributed by atoms with Crippen molar-refractivity contribution in [3.05, 3.63) is 34.9 Å². The molecule has 0 bridgehead atoms. The highest BCUT2D eigenvalue weighted by atomic mass is 32.2. The molecule has 1 amide bonds. The summed E-state index contributed by atoms with van der Waals surface area (Å²) in [6, 6.07) is 5.94. The molecule has 0 radical (unpaired) electrons. The van der Waals surface area contributed by atoms with Crippen molar-refractivity contribution in [2.75, 3.05) is 38.5 Å². The van der Waals surface area contributed by atoms with E-state index in [9.17, 15) is 13.2 Å². The summed E-state index contributed by atoms with van der Waals surface area (Å²) in [5, 5.41) is 3.24. The van der Waals surface area contributed by atoms with Crippen LogP contribution in [0.5, 0.6) is 0 Å². The number of hydrogen-bond donors (Lipinski definition) is 1. The van der Waals surface area contributed by atoms with E-state index < -0.39 is 10.0 Å². The van der Waals surface area contributed by atoms with E-state index in [0.717, 1.165) is 55.5 Å². The van der Waals surface area contributed by atoms with Gasteiger partial charge in [0.15, 0.2) is 0 Å². The van der Waals surface area contributed by atoms with E-state index in [-0.39, 0.29) is 17.2 Å². The molecule has 0 unspecified atom stereocenters. The van der Waals surface area contributed by atoms with E-state index in [1.54, 1.807) is 4.31 Å². The highest BCUT2D eigenvalue weighted by molar-refractivity contribution is 7.89. The molecule has 3 rings (SSSR count). The zero-order valence-electron chi connectivity index (χ0n) is 18.7. The van der Waals surface area contributed by atoms with Crippen LogP contribution in [0.25, 0.3) is 0 Å². The molecule has 1 aromatic carbocycles. The minimum atomic E-state index is -3.14. The number of sulfonamides is 1. The van der Waals surface area contributed by atoms with Gasteiger partial charge in [-0.15, -0.1) is 0 Å². The topological polar surface area (TPSA) is 69.7 Å². The number of carbonyl (C=O) groups is 1. The van der Waals surface area contributed by atoms with Gasteiger partial charge in [0.1, 0.15) is 0 Å². The Morgan fingerprint density at radius 2 is 1.63 bits per heavy atom. The van der Waals surface area contributed by atoms with E-state index in [2.05, 4.69) is 10.2 Å². The van der Waals surface area contributed by atoms with Gasteiger partial charge in [0.25, 0.3) is 5.91 Å². The average Bonchev–Trinajstić information content (AvgIpc) is 2.73. The van der Waals surface area contributed by atoms with Crippen LogP contribution in [0.2, 0.25) is 0 Å². The Kier molecular flexibility index (Phi) is 7.58. The van der Waals surface area contributed by atoms with Gasteiger partial charge in [-0.05, 0) is 44.2 Å². The third-order valence-corrected chi connectivity index (χ3v) is 8.91. The summed E-state index contributed by atoms with van der Waals surface area (Å²) in [6.45, 7) is 9.07. The number of hydrogen-bond acceptors (Lipinski definition) is 4. The van der Waals surface area contributed by atoms with Crippen molar-refractivity contribution in [3.63, 3.8) is 0 Å². The third kappa shape index (κ3) is 5.06. The van der Waals surface area contributed by atoms with Crippen LogP contribution in [0.4, 0.5) is 0 Å². The number of amides is 1. The zero-order chi connectivity index (χ0) is 21.8. The number of nitrogens with one attached hydrogen (secondary N) is 1. The van der Waals surface area contributed by atoms with Gasteiger partial charge >= 0.3 is 0 Å². The van der Waals surface area contributed by atoms with Crippen LogP contribution in [0.15, 0.2) is 18.2 Å². The molecule has 1 N–H and O–H groups in total. The van der Waals surface area contributed by atoms with Crippen LogP contribution in [-0.2, 0) is 10.0 Å². The first-order valence-corrected chi connectivity index (χ1v) is 13.0. The molecule has 7 heteroatoms. The summed E-state index contributed by atoms with van der Waals surface area (Å²) in [5.41, 5.74) is 2.71. The third-order valence-electron chi connectivity index (χ3n) is 6.84. The fourth-order valence-electron chi connectivity index (χ4n) is 5.15. The van der Waals surface area contributed by atoms with E-state index in [4.69, 9.17) is 0 Å². The van der Waals surface area contributed by atoms with Crippen LogP contribution >= 0.6 is 0 Å². The van der Waals surface area contributed by atoms with Crippen LogP contribution < -0.4 is 5.32 Å². The van der Waals surface area contributed by atoms with Crippen molar-refractivity contribution in [1.82, 2.24) is 14.5 Å². The molecular weight excluding hydrogens is 398 g/mol. The maximum atomic E-state index is 13.0. The predicted octanol–water partition coefficient (Wildman–Crippen LogP) is 3.09. The Balaban J connectivity index is 1.69. The monoisotopic (exact) mass is 435 g/mol.